The van der Waals surface area contributed by atoms with Crippen molar-refractivity contribution in [3.8, 4) is 11.7 Å². The van der Waals surface area contributed by atoms with E-state index in [4.69, 9.17) is 32.7 Å². The molecule has 0 atom stereocenters. The van der Waals surface area contributed by atoms with Crippen LogP contribution in [0.4, 0.5) is 5.69 Å². The van der Waals surface area contributed by atoms with Gasteiger partial charge in [-0.2, -0.15) is 0 Å². The number of hydrogen-bond donors (Lipinski definition) is 0. The maximum atomic E-state index is 13.8. The van der Waals surface area contributed by atoms with Crippen molar-refractivity contribution < 1.29 is 22.7 Å². The molecular weight excluding hydrogens is 611 g/mol. The summed E-state index contributed by atoms with van der Waals surface area (Å²) in [6, 6.07) is 24.1. The molecule has 2 aromatic heterocycles. The fourth-order valence-corrected chi connectivity index (χ4v) is 6.47. The van der Waals surface area contributed by atoms with Crippen molar-refractivity contribution in [1.29, 1.82) is 0 Å². The van der Waals surface area contributed by atoms with Crippen molar-refractivity contribution in [1.82, 2.24) is 14.8 Å². The van der Waals surface area contributed by atoms with Crippen molar-refractivity contribution in [2.75, 3.05) is 10.8 Å². The number of anilines is 1. The number of hydrogen-bond acceptors (Lipinski definition) is 7. The highest BCUT2D eigenvalue weighted by Gasteiger charge is 2.30. The summed E-state index contributed by atoms with van der Waals surface area (Å²) in [5.41, 5.74) is 1.21. The molecule has 5 aromatic rings. The number of nitrogens with zero attached hydrogens (tertiary/aromatic N) is 4. The smallest absolute Gasteiger partial charge is 0.327 e. The number of rotatable bonds is 9. The van der Waals surface area contributed by atoms with Crippen molar-refractivity contribution in [3.63, 3.8) is 0 Å². The zero-order valence-corrected chi connectivity index (χ0v) is 25.9. The Hall–Kier alpha value is -4.12. The first-order valence-corrected chi connectivity index (χ1v) is 15.4. The van der Waals surface area contributed by atoms with Crippen molar-refractivity contribution in [3.05, 3.63) is 107 Å². The molecule has 0 amide bonds. The van der Waals surface area contributed by atoms with Crippen LogP contribution < -0.4 is 9.04 Å². The molecule has 3 aromatic carbocycles. The fourth-order valence-electron chi connectivity index (χ4n) is 4.35. The Balaban J connectivity index is 1.45. The van der Waals surface area contributed by atoms with Gasteiger partial charge in [0.2, 0.25) is 5.88 Å². The molecular formula is C31H28Cl2N4O5S. The average molecular weight is 640 g/mol. The second-order valence-electron chi connectivity index (χ2n) is 10.6. The standard InChI is InChI=1S/C31H28Cl2N4O5S/c1-31(2,3)42-30(38)19-37(43(39,40)26-17-23(32)16-24(33)18-26)25-9-10-27-22(15-25)13-14-36(27)28-11-12-29(35-34-28)41-20-21-7-5-4-6-8-21/h4-18H,19-20H2,1-3H3. The molecule has 0 radical (unpaired) electrons. The monoisotopic (exact) mass is 638 g/mol. The molecule has 0 fully saturated rings. The van der Waals surface area contributed by atoms with Crippen LogP contribution in [0.1, 0.15) is 26.3 Å². The van der Waals surface area contributed by atoms with Crippen LogP contribution in [0.3, 0.4) is 0 Å². The first kappa shape index (κ1) is 30.3. The van der Waals surface area contributed by atoms with Gasteiger partial charge < -0.3 is 9.47 Å². The van der Waals surface area contributed by atoms with E-state index >= 15 is 0 Å². The SMILES string of the molecule is CC(C)(C)OC(=O)CN(c1ccc2c(ccn2-c2ccc(OCc3ccccc3)nn2)c1)S(=O)(=O)c1cc(Cl)cc(Cl)c1. The zero-order valence-electron chi connectivity index (χ0n) is 23.6. The lowest BCUT2D eigenvalue weighted by Gasteiger charge is -2.26. The highest BCUT2D eigenvalue weighted by atomic mass is 35.5. The van der Waals surface area contributed by atoms with Gasteiger partial charge in [-0.3, -0.25) is 13.7 Å². The lowest BCUT2D eigenvalue weighted by atomic mass is 10.2. The largest absolute Gasteiger partial charge is 0.472 e. The van der Waals surface area contributed by atoms with Gasteiger partial charge >= 0.3 is 5.97 Å². The number of fused-ring (bicyclic) bond motifs is 1. The van der Waals surface area contributed by atoms with E-state index in [1.165, 1.54) is 18.2 Å². The van der Waals surface area contributed by atoms with Crippen LogP contribution in [0, 0.1) is 0 Å². The molecule has 0 saturated carbocycles. The van der Waals surface area contributed by atoms with Gasteiger partial charge in [0.15, 0.2) is 5.82 Å². The van der Waals surface area contributed by atoms with Crippen LogP contribution in [0.25, 0.3) is 16.7 Å². The van der Waals surface area contributed by atoms with E-state index in [-0.39, 0.29) is 20.6 Å². The molecule has 0 spiro atoms. The lowest BCUT2D eigenvalue weighted by Crippen LogP contribution is -2.39. The van der Waals surface area contributed by atoms with Crippen LogP contribution in [-0.4, -0.2) is 41.3 Å². The van der Waals surface area contributed by atoms with E-state index in [2.05, 4.69) is 10.2 Å². The number of halogens is 2. The van der Waals surface area contributed by atoms with Crippen LogP contribution in [0.15, 0.2) is 96.0 Å². The number of ether oxygens (including phenoxy) is 2. The van der Waals surface area contributed by atoms with Crippen molar-refractivity contribution in [2.45, 2.75) is 37.9 Å². The van der Waals surface area contributed by atoms with Gasteiger partial charge in [0, 0.05) is 27.7 Å². The Morgan fingerprint density at radius 1 is 0.907 bits per heavy atom. The van der Waals surface area contributed by atoms with Gasteiger partial charge in [-0.15, -0.1) is 10.2 Å². The molecule has 43 heavy (non-hydrogen) atoms. The number of esters is 1. The van der Waals surface area contributed by atoms with Crippen molar-refractivity contribution >= 4 is 55.8 Å². The lowest BCUT2D eigenvalue weighted by molar-refractivity contribution is -0.152. The van der Waals surface area contributed by atoms with Gasteiger partial charge in [0.25, 0.3) is 10.0 Å². The minimum Gasteiger partial charge on any atom is -0.472 e. The van der Waals surface area contributed by atoms with E-state index in [9.17, 15) is 13.2 Å². The van der Waals surface area contributed by atoms with Crippen LogP contribution in [0.5, 0.6) is 5.88 Å². The third kappa shape index (κ3) is 7.27. The second-order valence-corrected chi connectivity index (χ2v) is 13.4. The third-order valence-electron chi connectivity index (χ3n) is 6.18. The normalized spacial score (nSPS) is 11.8. The molecule has 0 aliphatic carbocycles. The Morgan fingerprint density at radius 3 is 2.28 bits per heavy atom. The summed E-state index contributed by atoms with van der Waals surface area (Å²) >= 11 is 12.2. The minimum atomic E-state index is -4.27. The van der Waals surface area contributed by atoms with Gasteiger partial charge in [-0.05, 0) is 74.9 Å². The Bertz CT molecular complexity index is 1850. The number of aromatic nitrogens is 3. The molecule has 0 bridgehead atoms. The highest BCUT2D eigenvalue weighted by Crippen LogP contribution is 2.31. The first-order chi connectivity index (χ1) is 20.4. The molecule has 0 aliphatic rings. The van der Waals surface area contributed by atoms with Gasteiger partial charge in [-0.1, -0.05) is 53.5 Å². The van der Waals surface area contributed by atoms with E-state index < -0.39 is 28.1 Å². The maximum absolute atomic E-state index is 13.8. The Kier molecular flexibility index (Phi) is 8.64. The zero-order chi connectivity index (χ0) is 30.8. The summed E-state index contributed by atoms with van der Waals surface area (Å²) in [6.45, 7) is 4.93. The number of sulfonamides is 1. The Labute approximate surface area is 259 Å². The molecule has 0 aliphatic heterocycles. The summed E-state index contributed by atoms with van der Waals surface area (Å²) < 4.78 is 41.7. The maximum Gasteiger partial charge on any atom is 0.327 e. The summed E-state index contributed by atoms with van der Waals surface area (Å²) in [7, 11) is -4.27. The number of benzene rings is 3. The molecule has 5 rings (SSSR count). The predicted molar refractivity (Wildman–Crippen MR) is 166 cm³/mol. The summed E-state index contributed by atoms with van der Waals surface area (Å²) in [5.74, 6) is 0.212. The van der Waals surface area contributed by atoms with E-state index in [0.717, 1.165) is 15.4 Å². The van der Waals surface area contributed by atoms with Crippen LogP contribution >= 0.6 is 23.2 Å². The number of carbonyl (C=O) groups is 1. The van der Waals surface area contributed by atoms with Crippen LogP contribution in [0.2, 0.25) is 10.0 Å². The van der Waals surface area contributed by atoms with Crippen molar-refractivity contribution in [2.24, 2.45) is 0 Å². The summed E-state index contributed by atoms with van der Waals surface area (Å²) in [4.78, 5) is 12.7. The molecule has 9 nitrogen and oxygen atoms in total. The first-order valence-electron chi connectivity index (χ1n) is 13.2. The fraction of sp³-hybridized carbons (Fsp3) is 0.194. The van der Waals surface area contributed by atoms with E-state index in [1.54, 1.807) is 57.3 Å². The summed E-state index contributed by atoms with van der Waals surface area (Å²) in [5, 5.41) is 9.50. The topological polar surface area (TPSA) is 104 Å². The van der Waals surface area contributed by atoms with E-state index in [1.807, 2.05) is 41.0 Å². The van der Waals surface area contributed by atoms with Gasteiger partial charge in [-0.25, -0.2) is 8.42 Å². The molecule has 222 valence electrons. The third-order valence-corrected chi connectivity index (χ3v) is 8.37. The predicted octanol–water partition coefficient (Wildman–Crippen LogP) is 6.84. The molecule has 0 unspecified atom stereocenters. The molecule has 0 N–H and O–H groups in total. The molecule has 2 heterocycles. The minimum absolute atomic E-state index is 0.147. The highest BCUT2D eigenvalue weighted by molar-refractivity contribution is 7.92. The number of carbonyl (C=O) groups excluding carboxylic acids is 1. The van der Waals surface area contributed by atoms with Crippen LogP contribution in [-0.2, 0) is 26.2 Å². The van der Waals surface area contributed by atoms with Gasteiger partial charge in [0.1, 0.15) is 18.8 Å². The molecule has 12 heteroatoms. The summed E-state index contributed by atoms with van der Waals surface area (Å²) in [6.07, 6.45) is 1.80. The second kappa shape index (κ2) is 12.2. The quantitative estimate of drug-likeness (QED) is 0.163. The van der Waals surface area contributed by atoms with Gasteiger partial charge in [0.05, 0.1) is 16.1 Å². The average Bonchev–Trinajstić information content (AvgIpc) is 3.37. The molecule has 0 saturated heterocycles. The Morgan fingerprint density at radius 2 is 1.63 bits per heavy atom. The van der Waals surface area contributed by atoms with E-state index in [0.29, 0.717) is 23.7 Å².